The van der Waals surface area contributed by atoms with Crippen molar-refractivity contribution in [2.45, 2.75) is 77.6 Å². The molecule has 12 rings (SSSR count). The first-order valence-corrected chi connectivity index (χ1v) is 24.7. The minimum atomic E-state index is -0.0411. The van der Waals surface area contributed by atoms with Gasteiger partial charge in [-0.3, -0.25) is 0 Å². The van der Waals surface area contributed by atoms with Gasteiger partial charge in [0.25, 0.3) is 0 Å². The Morgan fingerprint density at radius 2 is 1.25 bits per heavy atom. The average Bonchev–Trinajstić information content (AvgIpc) is 3.90. The maximum Gasteiger partial charge on any atom is 0.211 e. The number of hydrogen-bond acceptors (Lipinski definition) is 4. The van der Waals surface area contributed by atoms with Gasteiger partial charge in [0, 0.05) is 43.4 Å². The van der Waals surface area contributed by atoms with Crippen LogP contribution in [0.25, 0.3) is 65.4 Å². The number of furan rings is 1. The van der Waals surface area contributed by atoms with Crippen LogP contribution in [0.4, 0.5) is 28.4 Å². The van der Waals surface area contributed by atoms with E-state index >= 15 is 0 Å². The van der Waals surface area contributed by atoms with Crippen molar-refractivity contribution in [1.82, 2.24) is 0 Å². The number of anilines is 5. The van der Waals surface area contributed by atoms with Crippen molar-refractivity contribution in [2.75, 3.05) is 10.2 Å². The van der Waals surface area contributed by atoms with E-state index in [-0.39, 0.29) is 16.2 Å². The standard InChI is InChI=1S/C62H55BN2OS/c1-60(2,3)41-27-31-52(46(35-41)39-20-12-9-13-21-39)65-56-45-23-15-17-25-54(45)67-59(56)63-55-47(37-48-44-22-14-16-24-53(44)66-58(48)57(55)65)43-29-26-40(38-18-10-8-11-19-38)34-51(43)64-42-28-30-49-50(36-42)62(6,7)33-32-61(49,4)5/h8-31,34-37,63-64H,32-33H2,1-7H3. The maximum absolute atomic E-state index is 7.16. The fourth-order valence-electron chi connectivity index (χ4n) is 11.1. The maximum atomic E-state index is 7.16. The van der Waals surface area contributed by atoms with Crippen LogP contribution < -0.4 is 20.5 Å². The molecule has 2 aliphatic rings. The Labute approximate surface area is 399 Å². The second-order valence-electron chi connectivity index (χ2n) is 21.2. The van der Waals surface area contributed by atoms with Crippen LogP contribution in [0.2, 0.25) is 0 Å². The molecule has 5 heteroatoms. The minimum Gasteiger partial charge on any atom is -0.454 e. The van der Waals surface area contributed by atoms with Gasteiger partial charge in [0.05, 0.1) is 17.1 Å². The molecule has 67 heavy (non-hydrogen) atoms. The topological polar surface area (TPSA) is 28.4 Å². The van der Waals surface area contributed by atoms with E-state index in [0.29, 0.717) is 0 Å². The number of thiophene rings is 1. The first-order chi connectivity index (χ1) is 32.3. The molecule has 0 unspecified atom stereocenters. The number of para-hydroxylation sites is 1. The average molecular weight is 887 g/mol. The lowest BCUT2D eigenvalue weighted by Gasteiger charge is -2.42. The SMILES string of the molecule is CC(C)(C)c1ccc(N2c3c(sc4ccccc34)Bc3c(-c4ccc(-c5ccccc5)cc4Nc4ccc5c(c4)C(C)(C)CCC5(C)C)cc4c(oc5ccccc54)c32)c(-c2ccccc2)c1. The quantitative estimate of drug-likeness (QED) is 0.169. The molecule has 0 fully saturated rings. The summed E-state index contributed by atoms with van der Waals surface area (Å²) in [5.41, 5.74) is 20.2. The monoisotopic (exact) mass is 886 g/mol. The lowest BCUT2D eigenvalue weighted by Crippen LogP contribution is -2.39. The molecule has 0 saturated carbocycles. The van der Waals surface area contributed by atoms with Crippen molar-refractivity contribution in [3.05, 3.63) is 187 Å². The van der Waals surface area contributed by atoms with E-state index in [4.69, 9.17) is 4.42 Å². The van der Waals surface area contributed by atoms with Gasteiger partial charge in [-0.15, -0.1) is 11.3 Å². The molecule has 0 saturated heterocycles. The Kier molecular flexibility index (Phi) is 9.54. The minimum absolute atomic E-state index is 0.0411. The van der Waals surface area contributed by atoms with E-state index in [9.17, 15) is 0 Å². The summed E-state index contributed by atoms with van der Waals surface area (Å²) in [6, 6.07) is 63.0. The number of fused-ring (bicyclic) bond motifs is 9. The zero-order chi connectivity index (χ0) is 45.8. The van der Waals surface area contributed by atoms with E-state index in [1.807, 2.05) is 11.3 Å². The Bertz CT molecular complexity index is 3570. The summed E-state index contributed by atoms with van der Waals surface area (Å²) in [5, 5.41) is 7.57. The molecular formula is C62H55BN2OS. The predicted octanol–water partition coefficient (Wildman–Crippen LogP) is 16.4. The van der Waals surface area contributed by atoms with Gasteiger partial charge in [0.1, 0.15) is 5.58 Å². The lowest BCUT2D eigenvalue weighted by atomic mass is 9.61. The first-order valence-electron chi connectivity index (χ1n) is 23.9. The number of nitrogens with one attached hydrogen (secondary N) is 1. The fraction of sp³-hybridized carbons (Fsp3) is 0.194. The van der Waals surface area contributed by atoms with Crippen LogP contribution in [0, 0.1) is 0 Å². The molecule has 0 spiro atoms. The summed E-state index contributed by atoms with van der Waals surface area (Å²) in [6.07, 6.45) is 2.35. The summed E-state index contributed by atoms with van der Waals surface area (Å²) >= 11 is 1.92. The van der Waals surface area contributed by atoms with Crippen LogP contribution in [0.15, 0.2) is 174 Å². The molecular weight excluding hydrogens is 832 g/mol. The van der Waals surface area contributed by atoms with Crippen molar-refractivity contribution in [1.29, 1.82) is 0 Å². The fourth-order valence-corrected chi connectivity index (χ4v) is 12.3. The van der Waals surface area contributed by atoms with Crippen LogP contribution >= 0.6 is 11.3 Å². The third kappa shape index (κ3) is 6.92. The molecule has 0 amide bonds. The smallest absolute Gasteiger partial charge is 0.211 e. The molecule has 1 aliphatic carbocycles. The number of nitrogens with zero attached hydrogens (tertiary/aromatic N) is 1. The van der Waals surface area contributed by atoms with Gasteiger partial charge >= 0.3 is 0 Å². The van der Waals surface area contributed by atoms with Gasteiger partial charge in [-0.05, 0) is 127 Å². The summed E-state index contributed by atoms with van der Waals surface area (Å²) < 4.78 is 9.79. The second kappa shape index (κ2) is 15.4. The van der Waals surface area contributed by atoms with Crippen LogP contribution in [-0.2, 0) is 16.2 Å². The number of rotatable bonds is 6. The highest BCUT2D eigenvalue weighted by Gasteiger charge is 2.38. The molecule has 1 N–H and O–H groups in total. The second-order valence-corrected chi connectivity index (χ2v) is 22.4. The van der Waals surface area contributed by atoms with Gasteiger partial charge in [-0.25, -0.2) is 0 Å². The van der Waals surface area contributed by atoms with Crippen LogP contribution in [0.1, 0.15) is 78.0 Å². The number of hydrogen-bond donors (Lipinski definition) is 1. The molecule has 10 aromatic rings. The lowest BCUT2D eigenvalue weighted by molar-refractivity contribution is 0.332. The molecule has 2 aromatic heterocycles. The van der Waals surface area contributed by atoms with Gasteiger partial charge in [0.2, 0.25) is 7.28 Å². The Hall–Kier alpha value is -6.82. The van der Waals surface area contributed by atoms with E-state index in [2.05, 4.69) is 229 Å². The van der Waals surface area contributed by atoms with Crippen molar-refractivity contribution in [3.63, 3.8) is 0 Å². The van der Waals surface area contributed by atoms with E-state index in [1.165, 1.54) is 76.9 Å². The molecule has 0 atom stereocenters. The van der Waals surface area contributed by atoms with Gasteiger partial charge in [-0.2, -0.15) is 0 Å². The van der Waals surface area contributed by atoms with Gasteiger partial charge < -0.3 is 14.6 Å². The van der Waals surface area contributed by atoms with Gasteiger partial charge in [0.15, 0.2) is 5.58 Å². The molecule has 0 bridgehead atoms. The molecule has 3 nitrogen and oxygen atoms in total. The molecule has 1 aliphatic heterocycles. The molecule has 0 radical (unpaired) electrons. The Balaban J connectivity index is 1.16. The largest absolute Gasteiger partial charge is 0.454 e. The van der Waals surface area contributed by atoms with Crippen LogP contribution in [0.3, 0.4) is 0 Å². The van der Waals surface area contributed by atoms with E-state index in [1.54, 1.807) is 0 Å². The number of benzene rings is 8. The highest BCUT2D eigenvalue weighted by atomic mass is 32.1. The third-order valence-electron chi connectivity index (χ3n) is 14.9. The Morgan fingerprint density at radius 1 is 0.567 bits per heavy atom. The van der Waals surface area contributed by atoms with Crippen molar-refractivity contribution < 1.29 is 4.42 Å². The summed E-state index contributed by atoms with van der Waals surface area (Å²) in [7, 11) is 0.769. The van der Waals surface area contributed by atoms with Crippen LogP contribution in [-0.4, -0.2) is 7.28 Å². The first kappa shape index (κ1) is 41.6. The summed E-state index contributed by atoms with van der Waals surface area (Å²) in [5.74, 6) is 0. The van der Waals surface area contributed by atoms with Gasteiger partial charge in [-0.1, -0.05) is 170 Å². The molecule has 328 valence electrons. The normalized spacial score (nSPS) is 15.0. The highest BCUT2D eigenvalue weighted by molar-refractivity contribution is 7.29. The van der Waals surface area contributed by atoms with E-state index < -0.39 is 0 Å². The van der Waals surface area contributed by atoms with Crippen molar-refractivity contribution >= 4 is 89.3 Å². The zero-order valence-electron chi connectivity index (χ0n) is 39.6. The summed E-state index contributed by atoms with van der Waals surface area (Å²) in [4.78, 5) is 2.58. The van der Waals surface area contributed by atoms with Crippen molar-refractivity contribution in [2.24, 2.45) is 0 Å². The van der Waals surface area contributed by atoms with Crippen LogP contribution in [0.5, 0.6) is 0 Å². The summed E-state index contributed by atoms with van der Waals surface area (Å²) in [6.45, 7) is 16.6. The predicted molar refractivity (Wildman–Crippen MR) is 290 cm³/mol. The third-order valence-corrected chi connectivity index (χ3v) is 16.1. The van der Waals surface area contributed by atoms with E-state index in [0.717, 1.165) is 64.0 Å². The molecule has 3 heterocycles. The Morgan fingerprint density at radius 3 is 2.01 bits per heavy atom. The zero-order valence-corrected chi connectivity index (χ0v) is 40.4. The highest BCUT2D eigenvalue weighted by Crippen LogP contribution is 2.52. The molecule has 8 aromatic carbocycles. The van der Waals surface area contributed by atoms with Crippen molar-refractivity contribution in [3.8, 4) is 33.4 Å².